The van der Waals surface area contributed by atoms with E-state index >= 15 is 0 Å². The molecular formula is C20H28N2O2S. The zero-order valence-electron chi connectivity index (χ0n) is 15.8. The van der Waals surface area contributed by atoms with Gasteiger partial charge in [0.2, 0.25) is 0 Å². The molecule has 136 valence electrons. The molecule has 25 heavy (non-hydrogen) atoms. The zero-order valence-corrected chi connectivity index (χ0v) is 16.7. The highest BCUT2D eigenvalue weighted by Gasteiger charge is 2.26. The molecule has 0 aromatic heterocycles. The normalized spacial score (nSPS) is 15.8. The van der Waals surface area contributed by atoms with Crippen LogP contribution in [0.1, 0.15) is 43.0 Å². The van der Waals surface area contributed by atoms with Crippen LogP contribution in [0.4, 0.5) is 4.79 Å². The lowest BCUT2D eigenvalue weighted by Gasteiger charge is -2.36. The van der Waals surface area contributed by atoms with Gasteiger partial charge in [-0.15, -0.1) is 19.1 Å². The SMILES string of the molecule is C#Cc1cc(CN2CCN(C(=O)OC(C)(C)C)CC2)c(C)c(S)c1C. The maximum absolute atomic E-state index is 12.2. The van der Waals surface area contributed by atoms with Crippen LogP contribution in [0.2, 0.25) is 0 Å². The molecule has 0 unspecified atom stereocenters. The van der Waals surface area contributed by atoms with Crippen LogP contribution in [0.15, 0.2) is 11.0 Å². The van der Waals surface area contributed by atoms with Gasteiger partial charge in [-0.05, 0) is 57.4 Å². The van der Waals surface area contributed by atoms with E-state index in [1.165, 1.54) is 11.1 Å². The Labute approximate surface area is 156 Å². The van der Waals surface area contributed by atoms with Crippen molar-refractivity contribution in [2.24, 2.45) is 0 Å². The van der Waals surface area contributed by atoms with Crippen molar-refractivity contribution in [2.45, 2.75) is 51.7 Å². The van der Waals surface area contributed by atoms with Gasteiger partial charge in [0.1, 0.15) is 5.60 Å². The molecule has 1 saturated heterocycles. The average Bonchev–Trinajstić information content (AvgIpc) is 2.54. The number of hydrogen-bond acceptors (Lipinski definition) is 4. The Morgan fingerprint density at radius 3 is 2.36 bits per heavy atom. The second-order valence-electron chi connectivity index (χ2n) is 7.57. The summed E-state index contributed by atoms with van der Waals surface area (Å²) in [5.41, 5.74) is 3.88. The van der Waals surface area contributed by atoms with Crippen LogP contribution in [0, 0.1) is 26.2 Å². The number of nitrogens with zero attached hydrogens (tertiary/aromatic N) is 2. The highest BCUT2D eigenvalue weighted by Crippen LogP contribution is 2.26. The third-order valence-corrected chi connectivity index (χ3v) is 5.16. The fourth-order valence-corrected chi connectivity index (χ4v) is 3.19. The fourth-order valence-electron chi connectivity index (χ4n) is 2.92. The van der Waals surface area contributed by atoms with Gasteiger partial charge < -0.3 is 9.64 Å². The Balaban J connectivity index is 2.00. The number of benzene rings is 1. The van der Waals surface area contributed by atoms with E-state index in [2.05, 4.69) is 36.4 Å². The molecule has 2 rings (SSSR count). The van der Waals surface area contributed by atoms with Gasteiger partial charge in [0.05, 0.1) is 0 Å². The molecule has 0 aliphatic carbocycles. The molecule has 0 radical (unpaired) electrons. The van der Waals surface area contributed by atoms with Crippen LogP contribution in [-0.4, -0.2) is 47.7 Å². The number of carbonyl (C=O) groups is 1. The second-order valence-corrected chi connectivity index (χ2v) is 8.02. The van der Waals surface area contributed by atoms with E-state index in [0.717, 1.165) is 35.7 Å². The third-order valence-electron chi connectivity index (χ3n) is 4.49. The number of hydrogen-bond donors (Lipinski definition) is 1. The van der Waals surface area contributed by atoms with Crippen LogP contribution in [0.25, 0.3) is 0 Å². The Bertz CT molecular complexity index is 693. The summed E-state index contributed by atoms with van der Waals surface area (Å²) in [6.07, 6.45) is 5.39. The number of rotatable bonds is 2. The van der Waals surface area contributed by atoms with Gasteiger partial charge >= 0.3 is 6.09 Å². The van der Waals surface area contributed by atoms with Crippen LogP contribution >= 0.6 is 12.6 Å². The van der Waals surface area contributed by atoms with Crippen molar-refractivity contribution in [1.29, 1.82) is 0 Å². The maximum Gasteiger partial charge on any atom is 0.410 e. The minimum Gasteiger partial charge on any atom is -0.444 e. The molecular weight excluding hydrogens is 332 g/mol. The van der Waals surface area contributed by atoms with Crippen molar-refractivity contribution in [2.75, 3.05) is 26.2 Å². The van der Waals surface area contributed by atoms with Gasteiger partial charge in [0.25, 0.3) is 0 Å². The summed E-state index contributed by atoms with van der Waals surface area (Å²) in [6.45, 7) is 13.6. The van der Waals surface area contributed by atoms with E-state index in [9.17, 15) is 4.79 Å². The lowest BCUT2D eigenvalue weighted by molar-refractivity contribution is 0.0139. The Hall–Kier alpha value is -1.64. The van der Waals surface area contributed by atoms with Crippen LogP contribution in [0.3, 0.4) is 0 Å². The van der Waals surface area contributed by atoms with Gasteiger partial charge in [0, 0.05) is 43.2 Å². The molecule has 1 aromatic carbocycles. The maximum atomic E-state index is 12.2. The van der Waals surface area contributed by atoms with Gasteiger partial charge in [-0.3, -0.25) is 4.90 Å². The highest BCUT2D eigenvalue weighted by atomic mass is 32.1. The van der Waals surface area contributed by atoms with Gasteiger partial charge in [-0.25, -0.2) is 4.79 Å². The number of thiol groups is 1. The third kappa shape index (κ3) is 4.93. The van der Waals surface area contributed by atoms with Crippen molar-refractivity contribution >= 4 is 18.7 Å². The summed E-state index contributed by atoms with van der Waals surface area (Å²) in [6, 6.07) is 2.09. The summed E-state index contributed by atoms with van der Waals surface area (Å²) < 4.78 is 5.45. The first-order valence-electron chi connectivity index (χ1n) is 8.61. The van der Waals surface area contributed by atoms with Gasteiger partial charge in [-0.2, -0.15) is 0 Å². The zero-order chi connectivity index (χ0) is 18.8. The molecule has 0 N–H and O–H groups in total. The average molecular weight is 361 g/mol. The summed E-state index contributed by atoms with van der Waals surface area (Å²) >= 11 is 4.62. The fraction of sp³-hybridized carbons (Fsp3) is 0.550. The van der Waals surface area contributed by atoms with Crippen molar-refractivity contribution in [1.82, 2.24) is 9.80 Å². The highest BCUT2D eigenvalue weighted by molar-refractivity contribution is 7.80. The molecule has 0 spiro atoms. The first kappa shape index (κ1) is 19.7. The van der Waals surface area contributed by atoms with Gasteiger partial charge in [0.15, 0.2) is 0 Å². The molecule has 0 bridgehead atoms. The summed E-state index contributed by atoms with van der Waals surface area (Å²) in [7, 11) is 0. The van der Waals surface area contributed by atoms with Crippen LogP contribution in [-0.2, 0) is 11.3 Å². The minimum atomic E-state index is -0.457. The summed E-state index contributed by atoms with van der Waals surface area (Å²) in [5, 5.41) is 0. The van der Waals surface area contributed by atoms with E-state index in [0.29, 0.717) is 13.1 Å². The number of terminal acetylenes is 1. The lowest BCUT2D eigenvalue weighted by Crippen LogP contribution is -2.49. The molecule has 0 atom stereocenters. The van der Waals surface area contributed by atoms with Crippen molar-refractivity contribution in [3.63, 3.8) is 0 Å². The van der Waals surface area contributed by atoms with Crippen LogP contribution in [0.5, 0.6) is 0 Å². The van der Waals surface area contributed by atoms with E-state index in [-0.39, 0.29) is 6.09 Å². The van der Waals surface area contributed by atoms with E-state index in [1.807, 2.05) is 27.7 Å². The minimum absolute atomic E-state index is 0.231. The monoisotopic (exact) mass is 360 g/mol. The molecule has 5 heteroatoms. The molecule has 1 aromatic rings. The summed E-state index contributed by atoms with van der Waals surface area (Å²) in [4.78, 5) is 17.2. The predicted molar refractivity (Wildman–Crippen MR) is 104 cm³/mol. The molecule has 0 saturated carbocycles. The lowest BCUT2D eigenvalue weighted by atomic mass is 9.99. The number of amides is 1. The second kappa shape index (κ2) is 7.72. The Morgan fingerprint density at radius 2 is 1.84 bits per heavy atom. The molecule has 1 fully saturated rings. The van der Waals surface area contributed by atoms with Crippen molar-refractivity contribution in [3.05, 3.63) is 28.3 Å². The van der Waals surface area contributed by atoms with E-state index < -0.39 is 5.60 Å². The van der Waals surface area contributed by atoms with Crippen molar-refractivity contribution in [3.8, 4) is 12.3 Å². The summed E-state index contributed by atoms with van der Waals surface area (Å²) in [5.74, 6) is 2.75. The Kier molecular flexibility index (Phi) is 6.08. The first-order chi connectivity index (χ1) is 11.6. The topological polar surface area (TPSA) is 32.8 Å². The predicted octanol–water partition coefficient (Wildman–Crippen LogP) is 3.63. The number of piperazine rings is 1. The molecule has 4 nitrogen and oxygen atoms in total. The quantitative estimate of drug-likeness (QED) is 0.646. The largest absolute Gasteiger partial charge is 0.444 e. The molecule has 1 amide bonds. The molecule has 1 aliphatic heterocycles. The Morgan fingerprint density at radius 1 is 1.24 bits per heavy atom. The van der Waals surface area contributed by atoms with Gasteiger partial charge in [-0.1, -0.05) is 5.92 Å². The van der Waals surface area contributed by atoms with E-state index in [1.54, 1.807) is 4.90 Å². The standard InChI is InChI=1S/C20H28N2O2S/c1-7-16-12-17(15(3)18(25)14(16)2)13-21-8-10-22(11-9-21)19(23)24-20(4,5)6/h1,12,25H,8-11,13H2,2-6H3. The molecule has 1 aliphatic rings. The van der Waals surface area contributed by atoms with Crippen molar-refractivity contribution < 1.29 is 9.53 Å². The smallest absolute Gasteiger partial charge is 0.410 e. The van der Waals surface area contributed by atoms with E-state index in [4.69, 9.17) is 11.2 Å². The number of ether oxygens (including phenoxy) is 1. The molecule has 1 heterocycles. The van der Waals surface area contributed by atoms with Crippen LogP contribution < -0.4 is 0 Å². The first-order valence-corrected chi connectivity index (χ1v) is 9.06. The number of carbonyl (C=O) groups excluding carboxylic acids is 1.